The molecule has 158 valence electrons. The van der Waals surface area contributed by atoms with E-state index in [1.165, 1.54) is 0 Å². The molecule has 2 fully saturated rings. The number of carbonyl (C=O) groups is 2. The van der Waals surface area contributed by atoms with Crippen molar-refractivity contribution < 1.29 is 9.59 Å². The molecule has 0 atom stereocenters. The maximum atomic E-state index is 13.3. The highest BCUT2D eigenvalue weighted by Crippen LogP contribution is 2.32. The monoisotopic (exact) mass is 425 g/mol. The molecule has 0 bridgehead atoms. The molecule has 1 N–H and O–H groups in total. The lowest BCUT2D eigenvalue weighted by atomic mass is 10.1. The zero-order chi connectivity index (χ0) is 21.1. The fraction of sp³-hybridized carbons (Fsp3) is 0.417. The van der Waals surface area contributed by atoms with Crippen molar-refractivity contribution in [2.24, 2.45) is 5.92 Å². The van der Waals surface area contributed by atoms with Crippen LogP contribution in [0.2, 0.25) is 5.02 Å². The van der Waals surface area contributed by atoms with Crippen LogP contribution in [0.25, 0.3) is 0 Å². The van der Waals surface area contributed by atoms with Crippen molar-refractivity contribution in [3.8, 4) is 0 Å². The first-order valence-corrected chi connectivity index (χ1v) is 11.1. The smallest absolute Gasteiger partial charge is 0.324 e. The van der Waals surface area contributed by atoms with Crippen molar-refractivity contribution >= 4 is 34.9 Å². The molecule has 0 spiro atoms. The highest BCUT2D eigenvalue weighted by atomic mass is 35.5. The van der Waals surface area contributed by atoms with Crippen molar-refractivity contribution in [3.05, 3.63) is 58.6 Å². The van der Waals surface area contributed by atoms with E-state index >= 15 is 0 Å². The van der Waals surface area contributed by atoms with Gasteiger partial charge in [-0.15, -0.1) is 0 Å². The van der Waals surface area contributed by atoms with E-state index in [1.54, 1.807) is 4.90 Å². The Balaban J connectivity index is 1.54. The average molecular weight is 426 g/mol. The van der Waals surface area contributed by atoms with E-state index in [0.717, 1.165) is 54.6 Å². The number of carbonyl (C=O) groups excluding carboxylic acids is 2. The standard InChI is InChI=1S/C24H28ClN3O2/c1-17-7-12-22(21(15-17)26-23(29)19-5-2-3-6-19)28-14-4-13-27(24(28)30)16-18-8-10-20(25)11-9-18/h7-12,15,19H,2-6,13-14,16H2,1H3,(H,26,29). The quantitative estimate of drug-likeness (QED) is 0.676. The van der Waals surface area contributed by atoms with E-state index in [-0.39, 0.29) is 17.9 Å². The van der Waals surface area contributed by atoms with Gasteiger partial charge >= 0.3 is 6.03 Å². The molecule has 0 radical (unpaired) electrons. The predicted octanol–water partition coefficient (Wildman–Crippen LogP) is 5.61. The molecule has 5 nitrogen and oxygen atoms in total. The maximum absolute atomic E-state index is 13.3. The van der Waals surface area contributed by atoms with Crippen LogP contribution in [0.1, 0.15) is 43.2 Å². The fourth-order valence-corrected chi connectivity index (χ4v) is 4.50. The van der Waals surface area contributed by atoms with Crippen LogP contribution in [0.3, 0.4) is 0 Å². The van der Waals surface area contributed by atoms with E-state index < -0.39 is 0 Å². The highest BCUT2D eigenvalue weighted by Gasteiger charge is 2.30. The molecule has 2 aromatic rings. The summed E-state index contributed by atoms with van der Waals surface area (Å²) in [5.41, 5.74) is 3.61. The summed E-state index contributed by atoms with van der Waals surface area (Å²) in [5, 5.41) is 3.80. The molecule has 1 saturated carbocycles. The number of benzene rings is 2. The summed E-state index contributed by atoms with van der Waals surface area (Å²) < 4.78 is 0. The molecule has 6 heteroatoms. The lowest BCUT2D eigenvalue weighted by Gasteiger charge is -2.36. The third kappa shape index (κ3) is 4.62. The lowest BCUT2D eigenvalue weighted by molar-refractivity contribution is -0.119. The van der Waals surface area contributed by atoms with Crippen molar-refractivity contribution in [1.82, 2.24) is 4.90 Å². The van der Waals surface area contributed by atoms with Gasteiger partial charge < -0.3 is 10.2 Å². The summed E-state index contributed by atoms with van der Waals surface area (Å²) in [6.45, 7) is 3.90. The Morgan fingerprint density at radius 2 is 1.80 bits per heavy atom. The van der Waals surface area contributed by atoms with E-state index in [9.17, 15) is 9.59 Å². The van der Waals surface area contributed by atoms with Crippen LogP contribution in [-0.4, -0.2) is 29.9 Å². The van der Waals surface area contributed by atoms with Crippen molar-refractivity contribution in [2.75, 3.05) is 23.3 Å². The molecular weight excluding hydrogens is 398 g/mol. The minimum atomic E-state index is -0.0311. The molecule has 0 aromatic heterocycles. The number of nitrogens with one attached hydrogen (secondary N) is 1. The number of rotatable bonds is 5. The first kappa shape index (κ1) is 20.7. The fourth-order valence-electron chi connectivity index (χ4n) is 4.37. The van der Waals surface area contributed by atoms with Gasteiger partial charge in [-0.1, -0.05) is 42.6 Å². The van der Waals surface area contributed by atoms with Crippen LogP contribution in [0, 0.1) is 12.8 Å². The Hall–Kier alpha value is -2.53. The third-order valence-corrected chi connectivity index (χ3v) is 6.28. The number of aryl methyl sites for hydroxylation is 1. The van der Waals surface area contributed by atoms with Crippen LogP contribution in [0.4, 0.5) is 16.2 Å². The number of hydrogen-bond donors (Lipinski definition) is 1. The molecule has 1 heterocycles. The predicted molar refractivity (Wildman–Crippen MR) is 121 cm³/mol. The largest absolute Gasteiger partial charge is 0.324 e. The molecule has 2 aromatic carbocycles. The van der Waals surface area contributed by atoms with E-state index in [1.807, 2.05) is 54.3 Å². The van der Waals surface area contributed by atoms with Crippen molar-refractivity contribution in [3.63, 3.8) is 0 Å². The number of anilines is 2. The van der Waals surface area contributed by atoms with Gasteiger partial charge in [0.1, 0.15) is 0 Å². The van der Waals surface area contributed by atoms with Gasteiger partial charge in [-0.3, -0.25) is 9.69 Å². The normalized spacial score (nSPS) is 17.5. The van der Waals surface area contributed by atoms with Gasteiger partial charge in [-0.05, 0) is 61.6 Å². The zero-order valence-electron chi connectivity index (χ0n) is 17.4. The first-order chi connectivity index (χ1) is 14.5. The minimum Gasteiger partial charge on any atom is -0.324 e. The molecule has 1 aliphatic heterocycles. The zero-order valence-corrected chi connectivity index (χ0v) is 18.1. The summed E-state index contributed by atoms with van der Waals surface area (Å²) in [7, 11) is 0. The molecule has 0 unspecified atom stereocenters. The van der Waals surface area contributed by atoms with Crippen LogP contribution in [0.5, 0.6) is 0 Å². The molecule has 1 saturated heterocycles. The van der Waals surface area contributed by atoms with Crippen molar-refractivity contribution in [2.45, 2.75) is 45.6 Å². The Kier molecular flexibility index (Phi) is 6.28. The summed E-state index contributed by atoms with van der Waals surface area (Å²) in [5.74, 6) is 0.152. The second-order valence-electron chi connectivity index (χ2n) is 8.33. The van der Waals surface area contributed by atoms with Crippen LogP contribution in [-0.2, 0) is 11.3 Å². The maximum Gasteiger partial charge on any atom is 0.324 e. The first-order valence-electron chi connectivity index (χ1n) is 10.7. The van der Waals surface area contributed by atoms with Gasteiger partial charge in [-0.25, -0.2) is 4.79 Å². The van der Waals surface area contributed by atoms with Gasteiger partial charge in [0, 0.05) is 30.6 Å². The highest BCUT2D eigenvalue weighted by molar-refractivity contribution is 6.30. The molecular formula is C24H28ClN3O2. The van der Waals surface area contributed by atoms with E-state index in [4.69, 9.17) is 11.6 Å². The summed E-state index contributed by atoms with van der Waals surface area (Å²) in [4.78, 5) is 29.7. The molecule has 4 rings (SSSR count). The van der Waals surface area contributed by atoms with Gasteiger partial charge in [0.2, 0.25) is 5.91 Å². The Bertz CT molecular complexity index is 923. The number of nitrogens with zero attached hydrogens (tertiary/aromatic N) is 2. The summed E-state index contributed by atoms with van der Waals surface area (Å²) in [6, 6.07) is 13.5. The number of amides is 3. The van der Waals surface area contributed by atoms with Crippen molar-refractivity contribution in [1.29, 1.82) is 0 Å². The third-order valence-electron chi connectivity index (χ3n) is 6.02. The van der Waals surface area contributed by atoms with Gasteiger partial charge in [0.05, 0.1) is 11.4 Å². The number of urea groups is 1. The summed E-state index contributed by atoms with van der Waals surface area (Å²) >= 11 is 5.98. The molecule has 2 aliphatic rings. The van der Waals surface area contributed by atoms with E-state index in [2.05, 4.69) is 5.32 Å². The molecule has 30 heavy (non-hydrogen) atoms. The second kappa shape index (κ2) is 9.09. The van der Waals surface area contributed by atoms with Crippen LogP contribution in [0.15, 0.2) is 42.5 Å². The van der Waals surface area contributed by atoms with Gasteiger partial charge in [0.25, 0.3) is 0 Å². The van der Waals surface area contributed by atoms with E-state index in [0.29, 0.717) is 24.7 Å². The van der Waals surface area contributed by atoms with Crippen LogP contribution < -0.4 is 10.2 Å². The number of hydrogen-bond acceptors (Lipinski definition) is 2. The molecule has 1 aliphatic carbocycles. The van der Waals surface area contributed by atoms with Gasteiger partial charge in [0.15, 0.2) is 0 Å². The average Bonchev–Trinajstić information content (AvgIpc) is 3.27. The van der Waals surface area contributed by atoms with Crippen LogP contribution >= 0.6 is 11.6 Å². The van der Waals surface area contributed by atoms with Gasteiger partial charge in [-0.2, -0.15) is 0 Å². The Labute approximate surface area is 183 Å². The Morgan fingerprint density at radius 3 is 2.53 bits per heavy atom. The minimum absolute atomic E-state index is 0.0311. The summed E-state index contributed by atoms with van der Waals surface area (Å²) in [6.07, 6.45) is 5.00. The lowest BCUT2D eigenvalue weighted by Crippen LogP contribution is -2.49. The second-order valence-corrected chi connectivity index (χ2v) is 8.76. The SMILES string of the molecule is Cc1ccc(N2CCCN(Cc3ccc(Cl)cc3)C2=O)c(NC(=O)C2CCCC2)c1. The molecule has 3 amide bonds. The number of halogens is 1. The topological polar surface area (TPSA) is 52.6 Å². The Morgan fingerprint density at radius 1 is 1.07 bits per heavy atom.